The number of aromatic nitrogens is 2. The van der Waals surface area contributed by atoms with Crippen LogP contribution in [-0.2, 0) is 17.8 Å². The zero-order valence-corrected chi connectivity index (χ0v) is 24.3. The maximum atomic E-state index is 12.7. The molecule has 0 atom stereocenters. The van der Waals surface area contributed by atoms with E-state index in [-0.39, 0.29) is 17.3 Å². The van der Waals surface area contributed by atoms with Crippen LogP contribution in [0.3, 0.4) is 0 Å². The van der Waals surface area contributed by atoms with E-state index >= 15 is 0 Å². The molecule has 4 rings (SSSR count). The van der Waals surface area contributed by atoms with Crippen LogP contribution in [0.5, 0.6) is 5.75 Å². The second-order valence-electron chi connectivity index (χ2n) is 10.6. The third kappa shape index (κ3) is 7.72. The van der Waals surface area contributed by atoms with Gasteiger partial charge >= 0.3 is 11.8 Å². The molecule has 11 heteroatoms. The Morgan fingerprint density at radius 2 is 1.55 bits per heavy atom. The number of methoxy groups -OCH3 is 1. The number of anilines is 4. The zero-order chi connectivity index (χ0) is 30.3. The van der Waals surface area contributed by atoms with Gasteiger partial charge in [0.25, 0.3) is 0 Å². The zero-order valence-electron chi connectivity index (χ0n) is 24.3. The smallest absolute Gasteiger partial charge is 0.414 e. The molecule has 0 unspecified atom stereocenters. The van der Waals surface area contributed by atoms with Crippen LogP contribution in [0.2, 0.25) is 0 Å². The Morgan fingerprint density at radius 1 is 0.952 bits per heavy atom. The molecule has 11 nitrogen and oxygen atoms in total. The van der Waals surface area contributed by atoms with E-state index in [1.54, 1.807) is 46.0 Å². The van der Waals surface area contributed by atoms with Crippen molar-refractivity contribution in [3.05, 3.63) is 106 Å². The number of carbonyl (C=O) groups excluding carboxylic acids is 1. The first-order valence-electron chi connectivity index (χ1n) is 13.3. The number of hydrogen-bond acceptors (Lipinski definition) is 9. The summed E-state index contributed by atoms with van der Waals surface area (Å²) < 4.78 is 10.9. The van der Waals surface area contributed by atoms with Gasteiger partial charge in [-0.2, -0.15) is 0 Å². The molecule has 1 aromatic heterocycles. The van der Waals surface area contributed by atoms with Crippen LogP contribution in [0.1, 0.15) is 31.9 Å². The second kappa shape index (κ2) is 13.0. The highest BCUT2D eigenvalue weighted by molar-refractivity contribution is 5.89. The lowest BCUT2D eigenvalue weighted by molar-refractivity contribution is -0.383. The number of nitro groups is 1. The van der Waals surface area contributed by atoms with Gasteiger partial charge in [-0.05, 0) is 38.0 Å². The normalized spacial score (nSPS) is 11.0. The van der Waals surface area contributed by atoms with E-state index in [0.29, 0.717) is 30.2 Å². The minimum atomic E-state index is -0.686. The number of nitrogens with zero attached hydrogens (tertiary/aromatic N) is 5. The molecule has 42 heavy (non-hydrogen) atoms. The summed E-state index contributed by atoms with van der Waals surface area (Å²) in [5, 5.41) is 15.6. The van der Waals surface area contributed by atoms with Crippen molar-refractivity contribution in [3.63, 3.8) is 0 Å². The van der Waals surface area contributed by atoms with Crippen LogP contribution in [0.4, 0.5) is 33.5 Å². The fourth-order valence-corrected chi connectivity index (χ4v) is 4.21. The summed E-state index contributed by atoms with van der Waals surface area (Å²) in [6.45, 7) is 6.11. The number of ether oxygens (including phenoxy) is 2. The van der Waals surface area contributed by atoms with E-state index < -0.39 is 16.6 Å². The van der Waals surface area contributed by atoms with E-state index in [1.807, 2.05) is 65.6 Å². The van der Waals surface area contributed by atoms with Gasteiger partial charge in [0.2, 0.25) is 11.6 Å². The van der Waals surface area contributed by atoms with E-state index in [2.05, 4.69) is 15.3 Å². The molecular weight excluding hydrogens is 536 g/mol. The predicted molar refractivity (Wildman–Crippen MR) is 162 cm³/mol. The number of amides is 1. The summed E-state index contributed by atoms with van der Waals surface area (Å²) in [5.41, 5.74) is 1.85. The second-order valence-corrected chi connectivity index (χ2v) is 10.6. The molecule has 0 saturated carbocycles. The Hall–Kier alpha value is -5.19. The van der Waals surface area contributed by atoms with Gasteiger partial charge in [0.1, 0.15) is 17.7 Å². The van der Waals surface area contributed by atoms with Gasteiger partial charge in [-0.3, -0.25) is 15.0 Å². The summed E-state index contributed by atoms with van der Waals surface area (Å²) in [5.74, 6) is 0.589. The molecule has 3 aromatic carbocycles. The average molecular weight is 571 g/mol. The third-order valence-corrected chi connectivity index (χ3v) is 6.16. The van der Waals surface area contributed by atoms with Crippen molar-refractivity contribution in [3.8, 4) is 5.75 Å². The summed E-state index contributed by atoms with van der Waals surface area (Å²) in [6, 6.07) is 24.4. The van der Waals surface area contributed by atoms with Crippen molar-refractivity contribution in [2.24, 2.45) is 0 Å². The highest BCUT2D eigenvalue weighted by Crippen LogP contribution is 2.37. The van der Waals surface area contributed by atoms with Crippen molar-refractivity contribution >= 4 is 34.8 Å². The number of benzene rings is 3. The van der Waals surface area contributed by atoms with Crippen LogP contribution in [-0.4, -0.2) is 40.7 Å². The molecule has 0 spiro atoms. The van der Waals surface area contributed by atoms with E-state index in [0.717, 1.165) is 11.1 Å². The van der Waals surface area contributed by atoms with Crippen molar-refractivity contribution in [2.75, 3.05) is 29.3 Å². The fourth-order valence-electron chi connectivity index (χ4n) is 4.21. The summed E-state index contributed by atoms with van der Waals surface area (Å²) >= 11 is 0. The Kier molecular flexibility index (Phi) is 9.21. The van der Waals surface area contributed by atoms with E-state index in [4.69, 9.17) is 9.47 Å². The van der Waals surface area contributed by atoms with Crippen molar-refractivity contribution in [2.45, 2.75) is 39.5 Å². The first-order chi connectivity index (χ1) is 20.0. The van der Waals surface area contributed by atoms with Gasteiger partial charge in [-0.1, -0.05) is 60.7 Å². The van der Waals surface area contributed by atoms with Crippen LogP contribution >= 0.6 is 0 Å². The molecule has 218 valence electrons. The highest BCUT2D eigenvalue weighted by Gasteiger charge is 2.28. The lowest BCUT2D eigenvalue weighted by atomic mass is 10.1. The van der Waals surface area contributed by atoms with Crippen molar-refractivity contribution in [1.29, 1.82) is 0 Å². The first-order valence-corrected chi connectivity index (χ1v) is 13.3. The van der Waals surface area contributed by atoms with Crippen molar-refractivity contribution < 1.29 is 19.2 Å². The summed E-state index contributed by atoms with van der Waals surface area (Å²) in [4.78, 5) is 36.5. The van der Waals surface area contributed by atoms with Gasteiger partial charge in [-0.25, -0.2) is 14.8 Å². The molecule has 1 heterocycles. The molecule has 0 saturated heterocycles. The number of hydrogen-bond donors (Lipinski definition) is 1. The fraction of sp³-hybridized carbons (Fsp3) is 0.258. The van der Waals surface area contributed by atoms with Crippen LogP contribution in [0.25, 0.3) is 0 Å². The lowest BCUT2D eigenvalue weighted by Crippen LogP contribution is -2.34. The SMILES string of the molecule is COc1cc(Nc2ncnc(N(Cc3ccccc3)Cc3ccccc3)c2[N+](=O)[O-])cc(N(C)C(=O)OC(C)(C)C)c1. The van der Waals surface area contributed by atoms with Gasteiger partial charge in [-0.15, -0.1) is 0 Å². The maximum Gasteiger partial charge on any atom is 0.414 e. The third-order valence-electron chi connectivity index (χ3n) is 6.16. The number of carbonyl (C=O) groups is 1. The number of rotatable bonds is 10. The minimum absolute atomic E-state index is 0.00440. The average Bonchev–Trinajstić information content (AvgIpc) is 2.96. The van der Waals surface area contributed by atoms with Crippen LogP contribution < -0.4 is 19.9 Å². The number of nitrogens with one attached hydrogen (secondary N) is 1. The summed E-state index contributed by atoms with van der Waals surface area (Å²) in [6.07, 6.45) is 0.733. The molecule has 0 aliphatic heterocycles. The molecule has 1 amide bonds. The molecule has 1 N–H and O–H groups in total. The minimum Gasteiger partial charge on any atom is -0.497 e. The van der Waals surface area contributed by atoms with E-state index in [9.17, 15) is 14.9 Å². The molecular formula is C31H34N6O5. The monoisotopic (exact) mass is 570 g/mol. The Morgan fingerprint density at radius 3 is 2.07 bits per heavy atom. The first kappa shape index (κ1) is 29.8. The topological polar surface area (TPSA) is 123 Å². The quantitative estimate of drug-likeness (QED) is 0.164. The van der Waals surface area contributed by atoms with Crippen LogP contribution in [0, 0.1) is 10.1 Å². The largest absolute Gasteiger partial charge is 0.497 e. The lowest BCUT2D eigenvalue weighted by Gasteiger charge is -2.25. The molecule has 0 bridgehead atoms. The highest BCUT2D eigenvalue weighted by atomic mass is 16.6. The summed E-state index contributed by atoms with van der Waals surface area (Å²) in [7, 11) is 3.07. The standard InChI is InChI=1S/C31H34N6O5/c1-31(2,3)42-30(38)35(4)25-16-24(17-26(18-25)41-5)34-28-27(37(39)40)29(33-21-32-28)36(19-22-12-8-6-9-13-22)20-23-14-10-7-11-15-23/h6-18,21H,19-20H2,1-5H3,(H,32,33,34). The molecule has 0 aliphatic carbocycles. The molecule has 4 aromatic rings. The molecule has 0 fully saturated rings. The Bertz CT molecular complexity index is 1480. The maximum absolute atomic E-state index is 12.7. The van der Waals surface area contributed by atoms with Gasteiger partial charge in [0.05, 0.1) is 17.7 Å². The van der Waals surface area contributed by atoms with Gasteiger partial charge < -0.3 is 19.7 Å². The van der Waals surface area contributed by atoms with Crippen LogP contribution in [0.15, 0.2) is 85.2 Å². The van der Waals surface area contributed by atoms with Crippen molar-refractivity contribution in [1.82, 2.24) is 9.97 Å². The van der Waals surface area contributed by atoms with Gasteiger partial charge in [0.15, 0.2) is 0 Å². The van der Waals surface area contributed by atoms with Gasteiger partial charge in [0, 0.05) is 38.0 Å². The Labute approximate surface area is 244 Å². The Balaban J connectivity index is 1.73. The van der Waals surface area contributed by atoms with E-state index in [1.165, 1.54) is 18.3 Å². The molecule has 0 radical (unpaired) electrons. The predicted octanol–water partition coefficient (Wildman–Crippen LogP) is 6.72. The molecule has 0 aliphatic rings.